The summed E-state index contributed by atoms with van der Waals surface area (Å²) < 4.78 is 72.4. The number of carbonyl (C=O) groups is 2. The normalized spacial score (nSPS) is 13.1. The average Bonchev–Trinajstić information content (AvgIpc) is 3.95. The van der Waals surface area contributed by atoms with Crippen molar-refractivity contribution in [3.05, 3.63) is 120 Å². The molecule has 0 saturated heterocycles. The fourth-order valence-corrected chi connectivity index (χ4v) is 9.33. The molecule has 4 aromatic heterocycles. The Balaban J connectivity index is 1.32. The van der Waals surface area contributed by atoms with Gasteiger partial charge in [0.25, 0.3) is 20.0 Å². The molecule has 0 bridgehead atoms. The molecule has 2 atom stereocenters. The lowest BCUT2D eigenvalue weighted by Crippen LogP contribution is -2.32. The Morgan fingerprint density at radius 1 is 0.630 bits per heavy atom. The van der Waals surface area contributed by atoms with Crippen LogP contribution >= 0.6 is 0 Å². The van der Waals surface area contributed by atoms with Crippen LogP contribution in [0.1, 0.15) is 35.0 Å². The highest BCUT2D eigenvalue weighted by Crippen LogP contribution is 2.35. The molecule has 2 unspecified atom stereocenters. The fourth-order valence-electron chi connectivity index (χ4n) is 6.14. The van der Waals surface area contributed by atoms with Gasteiger partial charge < -0.3 is 9.47 Å². The smallest absolute Gasteiger partial charge is 0.419 e. The van der Waals surface area contributed by atoms with Gasteiger partial charge in [-0.1, -0.05) is 36.4 Å². The molecular formula is C36H38N8O8S2. The number of nitrogens with one attached hydrogen (secondary N) is 2. The maximum Gasteiger partial charge on any atom is 0.419 e. The molecule has 4 heterocycles. The predicted octanol–water partition coefficient (Wildman–Crippen LogP) is 3.40. The highest BCUT2D eigenvalue weighted by atomic mass is 32.2. The van der Waals surface area contributed by atoms with Crippen LogP contribution in [-0.2, 0) is 53.2 Å². The molecule has 0 fully saturated rings. The molecule has 0 radical (unpaired) electrons. The third-order valence-electron chi connectivity index (χ3n) is 8.74. The van der Waals surface area contributed by atoms with Crippen LogP contribution in [-0.4, -0.2) is 70.4 Å². The molecule has 54 heavy (non-hydrogen) atoms. The predicted molar refractivity (Wildman–Crippen MR) is 197 cm³/mol. The number of ether oxygens (including phenoxy) is 2. The Kier molecular flexibility index (Phi) is 10.5. The first-order valence-corrected chi connectivity index (χ1v) is 19.4. The maximum atomic E-state index is 14.0. The van der Waals surface area contributed by atoms with E-state index in [1.807, 2.05) is 0 Å². The first-order chi connectivity index (χ1) is 25.7. The van der Waals surface area contributed by atoms with Gasteiger partial charge in [0.2, 0.25) is 0 Å². The highest BCUT2D eigenvalue weighted by Gasteiger charge is 2.34. The van der Waals surface area contributed by atoms with E-state index >= 15 is 0 Å². The summed E-state index contributed by atoms with van der Waals surface area (Å²) in [6.07, 6.45) is 3.71. The van der Waals surface area contributed by atoms with Gasteiger partial charge in [-0.15, -0.1) is 0 Å². The van der Waals surface area contributed by atoms with Crippen molar-refractivity contribution in [1.29, 1.82) is 0 Å². The first-order valence-electron chi connectivity index (χ1n) is 16.5. The van der Waals surface area contributed by atoms with Gasteiger partial charge in [0.15, 0.2) is 12.5 Å². The Morgan fingerprint density at radius 2 is 0.981 bits per heavy atom. The van der Waals surface area contributed by atoms with Crippen LogP contribution in [0.2, 0.25) is 0 Å². The Labute approximate surface area is 312 Å². The largest absolute Gasteiger partial charge is 0.434 e. The number of hydrogen-bond acceptors (Lipinski definition) is 12. The van der Waals surface area contributed by atoms with Gasteiger partial charge >= 0.3 is 11.9 Å². The number of benzene rings is 2. The fraction of sp³-hybridized carbons (Fsp3) is 0.222. The third kappa shape index (κ3) is 6.98. The summed E-state index contributed by atoms with van der Waals surface area (Å²) in [5, 5.41) is 14.0. The van der Waals surface area contributed by atoms with Crippen molar-refractivity contribution in [3.8, 4) is 22.5 Å². The van der Waals surface area contributed by atoms with Gasteiger partial charge in [0.1, 0.15) is 0 Å². The summed E-state index contributed by atoms with van der Waals surface area (Å²) in [5.74, 6) is -2.78. The van der Waals surface area contributed by atoms with Crippen LogP contribution < -0.4 is 10.6 Å². The lowest BCUT2D eigenvalue weighted by molar-refractivity contribution is -0.176. The second-order valence-corrected chi connectivity index (χ2v) is 15.8. The SMILES string of the molecule is CNC(OC(=O)C(=O)OC(NC)c1cc(-c2cnn(C)c2)n(S(=O)(=O)c2ccccc2)c1C)c1cc(-c2cnn(C)c2)n(S(=O)(=O)c2ccccc2)c1C. The summed E-state index contributed by atoms with van der Waals surface area (Å²) in [6, 6.07) is 18.8. The zero-order chi connectivity index (χ0) is 38.9. The van der Waals surface area contributed by atoms with E-state index in [1.54, 1.807) is 88.9 Å². The molecule has 0 aliphatic rings. The van der Waals surface area contributed by atoms with E-state index in [1.165, 1.54) is 60.1 Å². The van der Waals surface area contributed by atoms with E-state index in [-0.39, 0.29) is 43.7 Å². The van der Waals surface area contributed by atoms with Gasteiger partial charge in [-0.3, -0.25) is 20.0 Å². The van der Waals surface area contributed by atoms with E-state index in [0.29, 0.717) is 11.1 Å². The van der Waals surface area contributed by atoms with Gasteiger partial charge in [-0.25, -0.2) is 34.4 Å². The minimum atomic E-state index is -4.15. The van der Waals surface area contributed by atoms with E-state index in [2.05, 4.69) is 20.8 Å². The molecule has 0 aliphatic carbocycles. The van der Waals surface area contributed by atoms with Crippen molar-refractivity contribution in [2.45, 2.75) is 36.1 Å². The lowest BCUT2D eigenvalue weighted by atomic mass is 10.2. The Bertz CT molecular complexity index is 2380. The van der Waals surface area contributed by atoms with E-state index < -0.39 is 44.4 Å². The number of esters is 2. The minimum absolute atomic E-state index is 0.0347. The second kappa shape index (κ2) is 14.9. The number of hydrogen-bond donors (Lipinski definition) is 2. The standard InChI is InChI=1S/C36H38N8O8S2/c1-23-29(17-31(25-19-39-41(5)21-25)43(23)53(47,48)27-13-9-7-10-14-27)33(37-3)51-35(45)36(46)52-34(38-4)30-18-32(26-20-40-42(6)22-26)44(24(30)2)54(49,50)28-15-11-8-12-16-28/h7-22,33-34,37-38H,1-6H3. The summed E-state index contributed by atoms with van der Waals surface area (Å²) in [4.78, 5) is 26.8. The summed E-state index contributed by atoms with van der Waals surface area (Å²) in [5.41, 5.74) is 2.39. The van der Waals surface area contributed by atoms with Crippen LogP contribution in [0.15, 0.2) is 107 Å². The maximum absolute atomic E-state index is 14.0. The van der Waals surface area contributed by atoms with Crippen molar-refractivity contribution in [1.82, 2.24) is 38.1 Å². The summed E-state index contributed by atoms with van der Waals surface area (Å²) in [7, 11) is -1.96. The highest BCUT2D eigenvalue weighted by molar-refractivity contribution is 7.90. The summed E-state index contributed by atoms with van der Waals surface area (Å²) in [6.45, 7) is 3.11. The molecule has 0 aliphatic heterocycles. The molecule has 6 rings (SSSR count). The molecule has 18 heteroatoms. The second-order valence-electron chi connectivity index (χ2n) is 12.3. The van der Waals surface area contributed by atoms with Crippen molar-refractivity contribution >= 4 is 32.0 Å². The topological polar surface area (TPSA) is 190 Å². The van der Waals surface area contributed by atoms with Crippen LogP contribution in [0.3, 0.4) is 0 Å². The van der Waals surface area contributed by atoms with Crippen LogP contribution in [0.5, 0.6) is 0 Å². The molecule has 16 nitrogen and oxygen atoms in total. The number of aryl methyl sites for hydroxylation is 2. The molecule has 6 aromatic rings. The van der Waals surface area contributed by atoms with E-state index in [9.17, 15) is 26.4 Å². The van der Waals surface area contributed by atoms with Crippen molar-refractivity contribution in [2.75, 3.05) is 14.1 Å². The lowest BCUT2D eigenvalue weighted by Gasteiger charge is -2.20. The molecule has 0 spiro atoms. The molecule has 0 amide bonds. The molecule has 0 saturated carbocycles. The Hall–Kier alpha value is -5.82. The zero-order valence-corrected chi connectivity index (χ0v) is 31.8. The van der Waals surface area contributed by atoms with Crippen molar-refractivity contribution in [3.63, 3.8) is 0 Å². The number of carbonyl (C=O) groups excluding carboxylic acids is 2. The average molecular weight is 775 g/mol. The first kappa shape index (κ1) is 37.9. The van der Waals surface area contributed by atoms with Gasteiger partial charge in [-0.05, 0) is 64.3 Å². The molecule has 282 valence electrons. The zero-order valence-electron chi connectivity index (χ0n) is 30.2. The minimum Gasteiger partial charge on any atom is -0.434 e. The van der Waals surface area contributed by atoms with Crippen LogP contribution in [0.4, 0.5) is 0 Å². The number of rotatable bonds is 12. The van der Waals surface area contributed by atoms with E-state index in [4.69, 9.17) is 9.47 Å². The van der Waals surface area contributed by atoms with E-state index in [0.717, 1.165) is 7.94 Å². The number of nitrogens with zero attached hydrogens (tertiary/aromatic N) is 6. The van der Waals surface area contributed by atoms with Gasteiger partial charge in [0, 0.05) is 60.1 Å². The quantitative estimate of drug-likeness (QED) is 0.105. The summed E-state index contributed by atoms with van der Waals surface area (Å²) >= 11 is 0. The van der Waals surface area contributed by atoms with Crippen LogP contribution in [0, 0.1) is 13.8 Å². The van der Waals surface area contributed by atoms with Gasteiger partial charge in [-0.2, -0.15) is 10.2 Å². The molecule has 2 aromatic carbocycles. The van der Waals surface area contributed by atoms with Crippen molar-refractivity contribution < 1.29 is 35.9 Å². The monoisotopic (exact) mass is 774 g/mol. The van der Waals surface area contributed by atoms with Gasteiger partial charge in [0.05, 0.1) is 33.6 Å². The number of aromatic nitrogens is 6. The van der Waals surface area contributed by atoms with Crippen molar-refractivity contribution in [2.24, 2.45) is 14.1 Å². The molecular weight excluding hydrogens is 737 g/mol. The molecule has 2 N–H and O–H groups in total. The third-order valence-corrected chi connectivity index (χ3v) is 12.4. The Morgan fingerprint density at radius 3 is 1.28 bits per heavy atom. The van der Waals surface area contributed by atoms with Crippen LogP contribution in [0.25, 0.3) is 22.5 Å².